The Morgan fingerprint density at radius 2 is 2.38 bits per heavy atom. The third-order valence-electron chi connectivity index (χ3n) is 2.70. The molecule has 1 rings (SSSR count). The standard InChI is InChI=1S/C11H22O4P/c1-3-4-8-14-16(2,13)9-7-10-5-6-11(12)15-10/h10,13H,3-9H2,1-2H3/q+1. The maximum atomic E-state index is 10.9. The molecule has 16 heavy (non-hydrogen) atoms. The van der Waals surface area contributed by atoms with Crippen molar-refractivity contribution >= 4 is 13.7 Å². The second-order valence-corrected chi connectivity index (χ2v) is 7.21. The molecule has 1 aliphatic rings. The van der Waals surface area contributed by atoms with E-state index in [-0.39, 0.29) is 12.1 Å². The minimum Gasteiger partial charge on any atom is -0.462 e. The molecule has 94 valence electrons. The summed E-state index contributed by atoms with van der Waals surface area (Å²) in [6.07, 6.45) is 4.69. The maximum absolute atomic E-state index is 10.9. The highest BCUT2D eigenvalue weighted by molar-refractivity contribution is 7.64. The number of cyclic esters (lactones) is 1. The molecule has 0 aromatic heterocycles. The molecule has 1 heterocycles. The molecule has 1 N–H and O–H groups in total. The Bertz CT molecular complexity index is 230. The predicted octanol–water partition coefficient (Wildman–Crippen LogP) is 2.37. The van der Waals surface area contributed by atoms with E-state index in [4.69, 9.17) is 9.26 Å². The van der Waals surface area contributed by atoms with E-state index in [2.05, 4.69) is 6.92 Å². The molecule has 2 atom stereocenters. The van der Waals surface area contributed by atoms with Crippen molar-refractivity contribution in [2.45, 2.75) is 45.1 Å². The van der Waals surface area contributed by atoms with Gasteiger partial charge in [0.15, 0.2) is 0 Å². The van der Waals surface area contributed by atoms with Gasteiger partial charge < -0.3 is 4.74 Å². The second-order valence-electron chi connectivity index (χ2n) is 4.40. The van der Waals surface area contributed by atoms with Crippen LogP contribution in [0.3, 0.4) is 0 Å². The summed E-state index contributed by atoms with van der Waals surface area (Å²) in [5.41, 5.74) is 0. The lowest BCUT2D eigenvalue weighted by Crippen LogP contribution is -2.12. The number of rotatable bonds is 7. The third kappa shape index (κ3) is 5.24. The van der Waals surface area contributed by atoms with Gasteiger partial charge in [0.05, 0.1) is 6.61 Å². The van der Waals surface area contributed by atoms with Crippen molar-refractivity contribution in [2.75, 3.05) is 19.4 Å². The summed E-state index contributed by atoms with van der Waals surface area (Å²) in [6.45, 7) is 4.50. The minimum atomic E-state index is -2.24. The van der Waals surface area contributed by atoms with Crippen LogP contribution in [0, 0.1) is 0 Å². The highest BCUT2D eigenvalue weighted by Crippen LogP contribution is 2.52. The molecule has 1 aliphatic heterocycles. The number of hydrogen-bond donors (Lipinski definition) is 1. The monoisotopic (exact) mass is 249 g/mol. The highest BCUT2D eigenvalue weighted by Gasteiger charge is 2.34. The molecular weight excluding hydrogens is 227 g/mol. The average Bonchev–Trinajstić information content (AvgIpc) is 2.62. The Morgan fingerprint density at radius 1 is 1.62 bits per heavy atom. The predicted molar refractivity (Wildman–Crippen MR) is 64.5 cm³/mol. The van der Waals surface area contributed by atoms with Crippen LogP contribution in [-0.4, -0.2) is 36.4 Å². The van der Waals surface area contributed by atoms with E-state index in [1.54, 1.807) is 6.66 Å². The van der Waals surface area contributed by atoms with Gasteiger partial charge in [-0.1, -0.05) is 13.3 Å². The van der Waals surface area contributed by atoms with E-state index in [0.717, 1.165) is 25.7 Å². The smallest absolute Gasteiger partial charge is 0.306 e. The largest absolute Gasteiger partial charge is 0.462 e. The topological polar surface area (TPSA) is 55.8 Å². The molecule has 0 amide bonds. The SMILES string of the molecule is CCCCO[P+](C)(O)CCC1CCC(=O)O1. The van der Waals surface area contributed by atoms with Crippen LogP contribution < -0.4 is 0 Å². The molecule has 0 saturated carbocycles. The zero-order valence-corrected chi connectivity index (χ0v) is 11.0. The van der Waals surface area contributed by atoms with E-state index >= 15 is 0 Å². The zero-order chi connectivity index (χ0) is 12.0. The van der Waals surface area contributed by atoms with Gasteiger partial charge in [-0.15, -0.1) is 0 Å². The first-order chi connectivity index (χ1) is 7.53. The number of esters is 1. The number of ether oxygens (including phenoxy) is 1. The van der Waals surface area contributed by atoms with Crippen molar-refractivity contribution in [2.24, 2.45) is 0 Å². The first-order valence-corrected chi connectivity index (χ1v) is 8.25. The first kappa shape index (κ1) is 13.9. The highest BCUT2D eigenvalue weighted by atomic mass is 31.2. The van der Waals surface area contributed by atoms with Crippen LogP contribution >= 0.6 is 7.72 Å². The Morgan fingerprint density at radius 3 is 2.94 bits per heavy atom. The molecule has 4 nitrogen and oxygen atoms in total. The second kappa shape index (κ2) is 6.53. The van der Waals surface area contributed by atoms with Crippen molar-refractivity contribution in [1.82, 2.24) is 0 Å². The normalized spacial score (nSPS) is 24.2. The fourth-order valence-corrected chi connectivity index (χ4v) is 3.06. The van der Waals surface area contributed by atoms with Crippen LogP contribution in [0.15, 0.2) is 0 Å². The van der Waals surface area contributed by atoms with Gasteiger partial charge in [-0.25, -0.2) is 9.42 Å². The van der Waals surface area contributed by atoms with Crippen LogP contribution in [0.4, 0.5) is 0 Å². The van der Waals surface area contributed by atoms with E-state index in [9.17, 15) is 9.69 Å². The summed E-state index contributed by atoms with van der Waals surface area (Å²) in [5.74, 6) is -0.116. The Balaban J connectivity index is 2.16. The van der Waals surface area contributed by atoms with E-state index < -0.39 is 7.72 Å². The van der Waals surface area contributed by atoms with E-state index in [1.165, 1.54) is 0 Å². The Hall–Kier alpha value is -0.180. The summed E-state index contributed by atoms with van der Waals surface area (Å²) in [7, 11) is -2.24. The van der Waals surface area contributed by atoms with Gasteiger partial charge in [-0.2, -0.15) is 0 Å². The quantitative estimate of drug-likeness (QED) is 0.427. The van der Waals surface area contributed by atoms with Gasteiger partial charge >= 0.3 is 5.97 Å². The molecule has 2 unspecified atom stereocenters. The van der Waals surface area contributed by atoms with Crippen molar-refractivity contribution in [1.29, 1.82) is 0 Å². The van der Waals surface area contributed by atoms with Crippen molar-refractivity contribution in [3.63, 3.8) is 0 Å². The van der Waals surface area contributed by atoms with E-state index in [1.807, 2.05) is 0 Å². The minimum absolute atomic E-state index is 0.00579. The fraction of sp³-hybridized carbons (Fsp3) is 0.909. The van der Waals surface area contributed by atoms with E-state index in [0.29, 0.717) is 19.2 Å². The summed E-state index contributed by atoms with van der Waals surface area (Å²) in [5, 5.41) is 0. The fourth-order valence-electron chi connectivity index (χ4n) is 1.64. The molecule has 5 heteroatoms. The van der Waals surface area contributed by atoms with Gasteiger partial charge in [0.1, 0.15) is 18.9 Å². The number of unbranched alkanes of at least 4 members (excludes halogenated alkanes) is 1. The van der Waals surface area contributed by atoms with Gasteiger partial charge in [0.25, 0.3) is 7.72 Å². The zero-order valence-electron chi connectivity index (χ0n) is 10.1. The molecule has 1 saturated heterocycles. The van der Waals surface area contributed by atoms with Crippen molar-refractivity contribution in [3.8, 4) is 0 Å². The van der Waals surface area contributed by atoms with Gasteiger partial charge in [-0.3, -0.25) is 4.79 Å². The lowest BCUT2D eigenvalue weighted by molar-refractivity contribution is -0.141. The summed E-state index contributed by atoms with van der Waals surface area (Å²) in [4.78, 5) is 20.9. The first-order valence-electron chi connectivity index (χ1n) is 5.96. The number of carbonyl (C=O) groups is 1. The molecule has 0 bridgehead atoms. The lowest BCUT2D eigenvalue weighted by Gasteiger charge is -2.16. The molecule has 0 aromatic rings. The molecule has 0 aromatic carbocycles. The summed E-state index contributed by atoms with van der Waals surface area (Å²) in [6, 6.07) is 0. The lowest BCUT2D eigenvalue weighted by atomic mass is 10.2. The van der Waals surface area contributed by atoms with Crippen molar-refractivity contribution in [3.05, 3.63) is 0 Å². The third-order valence-corrected chi connectivity index (χ3v) is 4.53. The number of hydrogen-bond acceptors (Lipinski definition) is 4. The molecule has 0 spiro atoms. The van der Waals surface area contributed by atoms with Crippen LogP contribution in [0.25, 0.3) is 0 Å². The van der Waals surface area contributed by atoms with Crippen LogP contribution in [0.1, 0.15) is 39.0 Å². The molecule has 0 radical (unpaired) electrons. The van der Waals surface area contributed by atoms with Gasteiger partial charge in [0.2, 0.25) is 0 Å². The van der Waals surface area contributed by atoms with Gasteiger partial charge in [-0.05, 0) is 12.8 Å². The van der Waals surface area contributed by atoms with Crippen LogP contribution in [0.2, 0.25) is 0 Å². The molecule has 0 aliphatic carbocycles. The average molecular weight is 249 g/mol. The Labute approximate surface area is 97.8 Å². The molecular formula is C11H22O4P+. The summed E-state index contributed by atoms with van der Waals surface area (Å²) >= 11 is 0. The van der Waals surface area contributed by atoms with Crippen LogP contribution in [0.5, 0.6) is 0 Å². The van der Waals surface area contributed by atoms with Crippen molar-refractivity contribution < 1.29 is 18.9 Å². The number of carbonyl (C=O) groups excluding carboxylic acids is 1. The van der Waals surface area contributed by atoms with Crippen LogP contribution in [-0.2, 0) is 14.1 Å². The Kier molecular flexibility index (Phi) is 5.67. The maximum Gasteiger partial charge on any atom is 0.306 e. The van der Waals surface area contributed by atoms with Gasteiger partial charge in [0, 0.05) is 12.8 Å². The summed E-state index contributed by atoms with van der Waals surface area (Å²) < 4.78 is 10.6. The molecule has 1 fully saturated rings.